The standard InChI is InChI=1S/C20H25N3O3S2/c1-5-23(6-2)16(24)12-28-19-14(11-21)18(15-9-8-10-27-15)17(13(4)22-19)20(25)26-7-3/h8-10,18,22H,5-7,12H2,1-4H3/t18-/m1/s1. The van der Waals surface area contributed by atoms with Crippen molar-refractivity contribution >= 4 is 35.0 Å². The first-order chi connectivity index (χ1) is 13.5. The van der Waals surface area contributed by atoms with Gasteiger partial charge < -0.3 is 15.0 Å². The minimum Gasteiger partial charge on any atom is -0.463 e. The molecule has 1 aliphatic rings. The van der Waals surface area contributed by atoms with Crippen LogP contribution in [-0.4, -0.2) is 42.2 Å². The molecule has 1 aromatic heterocycles. The molecule has 8 heteroatoms. The fourth-order valence-electron chi connectivity index (χ4n) is 3.05. The first-order valence-corrected chi connectivity index (χ1v) is 11.1. The topological polar surface area (TPSA) is 82.4 Å². The van der Waals surface area contributed by atoms with E-state index < -0.39 is 11.9 Å². The summed E-state index contributed by atoms with van der Waals surface area (Å²) in [7, 11) is 0. The van der Waals surface area contributed by atoms with Gasteiger partial charge in [0.15, 0.2) is 0 Å². The maximum Gasteiger partial charge on any atom is 0.336 e. The number of amides is 1. The second-order valence-corrected chi connectivity index (χ2v) is 8.01. The Labute approximate surface area is 174 Å². The van der Waals surface area contributed by atoms with E-state index in [2.05, 4.69) is 11.4 Å². The van der Waals surface area contributed by atoms with Gasteiger partial charge in [0, 0.05) is 23.7 Å². The van der Waals surface area contributed by atoms with E-state index in [-0.39, 0.29) is 18.3 Å². The molecule has 1 aliphatic heterocycles. The molecule has 150 valence electrons. The van der Waals surface area contributed by atoms with Gasteiger partial charge in [-0.1, -0.05) is 17.8 Å². The molecule has 2 rings (SSSR count). The van der Waals surface area contributed by atoms with E-state index in [9.17, 15) is 14.9 Å². The number of ether oxygens (including phenoxy) is 1. The number of nitrogens with zero attached hydrogens (tertiary/aromatic N) is 2. The van der Waals surface area contributed by atoms with Crippen LogP contribution >= 0.6 is 23.1 Å². The molecule has 0 aliphatic carbocycles. The third-order valence-electron chi connectivity index (χ3n) is 4.43. The third kappa shape index (κ3) is 4.78. The van der Waals surface area contributed by atoms with Crippen LogP contribution in [0.1, 0.15) is 38.5 Å². The summed E-state index contributed by atoms with van der Waals surface area (Å²) in [5, 5.41) is 15.6. The maximum atomic E-state index is 12.6. The Morgan fingerprint density at radius 2 is 2.07 bits per heavy atom. The number of hydrogen-bond donors (Lipinski definition) is 1. The van der Waals surface area contributed by atoms with Gasteiger partial charge in [0.25, 0.3) is 0 Å². The van der Waals surface area contributed by atoms with Crippen molar-refractivity contribution in [3.05, 3.63) is 44.3 Å². The first-order valence-electron chi connectivity index (χ1n) is 9.21. The average Bonchev–Trinajstić information content (AvgIpc) is 3.21. The fourth-order valence-corrected chi connectivity index (χ4v) is 4.89. The average molecular weight is 420 g/mol. The van der Waals surface area contributed by atoms with E-state index >= 15 is 0 Å². The minimum atomic E-state index is -0.489. The van der Waals surface area contributed by atoms with Gasteiger partial charge in [0.05, 0.1) is 40.5 Å². The Morgan fingerprint density at radius 1 is 1.36 bits per heavy atom. The largest absolute Gasteiger partial charge is 0.463 e. The van der Waals surface area contributed by atoms with Crippen LogP contribution in [0.4, 0.5) is 0 Å². The Kier molecular flexibility index (Phi) is 8.15. The third-order valence-corrected chi connectivity index (χ3v) is 6.37. The maximum absolute atomic E-state index is 12.6. The summed E-state index contributed by atoms with van der Waals surface area (Å²) in [6, 6.07) is 6.06. The molecular weight excluding hydrogens is 394 g/mol. The lowest BCUT2D eigenvalue weighted by molar-refractivity contribution is -0.138. The molecule has 0 saturated heterocycles. The SMILES string of the molecule is CCOC(=O)C1=C(C)NC(SCC(=O)N(CC)CC)=C(C#N)[C@@H]1c1cccs1. The van der Waals surface area contributed by atoms with E-state index in [4.69, 9.17) is 4.74 Å². The summed E-state index contributed by atoms with van der Waals surface area (Å²) in [5.74, 6) is -0.667. The number of nitriles is 1. The molecule has 0 spiro atoms. The molecule has 0 fully saturated rings. The summed E-state index contributed by atoms with van der Waals surface area (Å²) in [6.45, 7) is 9.00. The van der Waals surface area contributed by atoms with Crippen molar-refractivity contribution in [3.63, 3.8) is 0 Å². The molecule has 0 radical (unpaired) electrons. The monoisotopic (exact) mass is 419 g/mol. The Morgan fingerprint density at radius 3 is 2.61 bits per heavy atom. The molecule has 28 heavy (non-hydrogen) atoms. The van der Waals surface area contributed by atoms with Gasteiger partial charge in [-0.25, -0.2) is 4.79 Å². The van der Waals surface area contributed by atoms with E-state index in [1.807, 2.05) is 31.4 Å². The van der Waals surface area contributed by atoms with Gasteiger partial charge in [-0.2, -0.15) is 5.26 Å². The van der Waals surface area contributed by atoms with Crippen LogP contribution in [0.5, 0.6) is 0 Å². The van der Waals surface area contributed by atoms with Crippen LogP contribution in [0.3, 0.4) is 0 Å². The van der Waals surface area contributed by atoms with Crippen molar-refractivity contribution in [2.24, 2.45) is 0 Å². The van der Waals surface area contributed by atoms with Gasteiger partial charge >= 0.3 is 5.97 Å². The molecule has 1 atom stereocenters. The summed E-state index contributed by atoms with van der Waals surface area (Å²) in [4.78, 5) is 27.6. The summed E-state index contributed by atoms with van der Waals surface area (Å²) in [6.07, 6.45) is 0. The predicted molar refractivity (Wildman–Crippen MR) is 113 cm³/mol. The second-order valence-electron chi connectivity index (χ2n) is 6.04. The molecule has 0 saturated carbocycles. The van der Waals surface area contributed by atoms with Crippen molar-refractivity contribution in [2.75, 3.05) is 25.4 Å². The number of carbonyl (C=O) groups excluding carboxylic acids is 2. The zero-order valence-electron chi connectivity index (χ0n) is 16.6. The van der Waals surface area contributed by atoms with Gasteiger partial charge in [-0.15, -0.1) is 11.3 Å². The van der Waals surface area contributed by atoms with Crippen LogP contribution in [-0.2, 0) is 14.3 Å². The number of esters is 1. The fraction of sp³-hybridized carbons (Fsp3) is 0.450. The smallest absolute Gasteiger partial charge is 0.336 e. The highest BCUT2D eigenvalue weighted by Gasteiger charge is 2.36. The summed E-state index contributed by atoms with van der Waals surface area (Å²) in [5.41, 5.74) is 1.53. The normalized spacial score (nSPS) is 16.5. The molecule has 0 aromatic carbocycles. The molecule has 0 bridgehead atoms. The Hall–Kier alpha value is -2.24. The number of thioether (sulfide) groups is 1. The van der Waals surface area contributed by atoms with Crippen LogP contribution < -0.4 is 5.32 Å². The molecule has 1 N–H and O–H groups in total. The Bertz CT molecular complexity index is 818. The van der Waals surface area contributed by atoms with E-state index in [0.717, 1.165) is 4.88 Å². The van der Waals surface area contributed by atoms with Gasteiger partial charge in [0.2, 0.25) is 5.91 Å². The van der Waals surface area contributed by atoms with Crippen LogP contribution in [0, 0.1) is 11.3 Å². The molecule has 2 heterocycles. The van der Waals surface area contributed by atoms with Gasteiger partial charge in [-0.05, 0) is 39.1 Å². The van der Waals surface area contributed by atoms with E-state index in [1.54, 1.807) is 18.7 Å². The zero-order chi connectivity index (χ0) is 20.7. The highest BCUT2D eigenvalue weighted by atomic mass is 32.2. The predicted octanol–water partition coefficient (Wildman–Crippen LogP) is 3.61. The lowest BCUT2D eigenvalue weighted by Crippen LogP contribution is -2.33. The molecule has 1 amide bonds. The highest BCUT2D eigenvalue weighted by Crippen LogP contribution is 2.42. The molecule has 1 aromatic rings. The highest BCUT2D eigenvalue weighted by molar-refractivity contribution is 8.03. The van der Waals surface area contributed by atoms with Gasteiger partial charge in [0.1, 0.15) is 0 Å². The molecular formula is C20H25N3O3S2. The van der Waals surface area contributed by atoms with Crippen molar-refractivity contribution < 1.29 is 14.3 Å². The quantitative estimate of drug-likeness (QED) is 0.648. The summed E-state index contributed by atoms with van der Waals surface area (Å²) < 4.78 is 5.24. The van der Waals surface area contributed by atoms with Crippen molar-refractivity contribution in [2.45, 2.75) is 33.6 Å². The number of allylic oxidation sites excluding steroid dienone is 2. The second kappa shape index (κ2) is 10.3. The van der Waals surface area contributed by atoms with E-state index in [0.29, 0.717) is 35.0 Å². The lowest BCUT2D eigenvalue weighted by atomic mass is 9.87. The number of dihydropyridines is 1. The van der Waals surface area contributed by atoms with Crippen LogP contribution in [0.2, 0.25) is 0 Å². The van der Waals surface area contributed by atoms with Crippen LogP contribution in [0.25, 0.3) is 0 Å². The molecule has 0 unspecified atom stereocenters. The van der Waals surface area contributed by atoms with E-state index in [1.165, 1.54) is 23.1 Å². The number of carbonyl (C=O) groups is 2. The minimum absolute atomic E-state index is 0.0204. The van der Waals surface area contributed by atoms with Crippen LogP contribution in [0.15, 0.2) is 39.4 Å². The number of hydrogen-bond acceptors (Lipinski definition) is 7. The van der Waals surface area contributed by atoms with Gasteiger partial charge in [-0.3, -0.25) is 4.79 Å². The van der Waals surface area contributed by atoms with Crippen molar-refractivity contribution in [1.82, 2.24) is 10.2 Å². The zero-order valence-corrected chi connectivity index (χ0v) is 18.2. The molecule has 6 nitrogen and oxygen atoms in total. The number of rotatable bonds is 8. The summed E-state index contributed by atoms with van der Waals surface area (Å²) >= 11 is 2.79. The van der Waals surface area contributed by atoms with Crippen molar-refractivity contribution in [1.29, 1.82) is 5.26 Å². The Balaban J connectivity index is 2.39. The number of thiophene rings is 1. The number of nitrogens with one attached hydrogen (secondary N) is 1. The first kappa shape index (κ1) is 22.1. The van der Waals surface area contributed by atoms with Crippen molar-refractivity contribution in [3.8, 4) is 6.07 Å². The lowest BCUT2D eigenvalue weighted by Gasteiger charge is -2.28.